The van der Waals surface area contributed by atoms with Gasteiger partial charge in [-0.2, -0.15) is 4.31 Å². The second-order valence-corrected chi connectivity index (χ2v) is 8.01. The summed E-state index contributed by atoms with van der Waals surface area (Å²) in [7, 11) is -3.36. The van der Waals surface area contributed by atoms with Crippen LogP contribution in [0.1, 0.15) is 18.4 Å². The summed E-state index contributed by atoms with van der Waals surface area (Å²) in [4.78, 5) is 1.92. The van der Waals surface area contributed by atoms with E-state index < -0.39 is 10.0 Å². The van der Waals surface area contributed by atoms with Crippen molar-refractivity contribution in [2.24, 2.45) is 0 Å². The summed E-state index contributed by atoms with van der Waals surface area (Å²) in [6.07, 6.45) is 0.683. The fourth-order valence-electron chi connectivity index (χ4n) is 2.56. The van der Waals surface area contributed by atoms with Crippen LogP contribution in [-0.2, 0) is 22.2 Å². The second kappa shape index (κ2) is 7.08. The number of hydrogen-bond acceptors (Lipinski definition) is 6. The van der Waals surface area contributed by atoms with E-state index in [-0.39, 0.29) is 5.75 Å². The number of hydrogen-bond donors (Lipinski definition) is 0. The average Bonchev–Trinajstić information content (AvgIpc) is 3.06. The smallest absolute Gasteiger partial charge is 0.318 e. The molecular formula is C15H19ClN4O3S. The van der Waals surface area contributed by atoms with Crippen molar-refractivity contribution in [2.75, 3.05) is 31.1 Å². The highest BCUT2D eigenvalue weighted by molar-refractivity contribution is 7.88. The number of sulfonamides is 1. The van der Waals surface area contributed by atoms with Crippen LogP contribution >= 0.6 is 11.6 Å². The van der Waals surface area contributed by atoms with Crippen molar-refractivity contribution in [1.29, 1.82) is 0 Å². The molecular weight excluding hydrogens is 352 g/mol. The summed E-state index contributed by atoms with van der Waals surface area (Å²) < 4.78 is 32.1. The molecule has 130 valence electrons. The summed E-state index contributed by atoms with van der Waals surface area (Å²) >= 11 is 5.83. The van der Waals surface area contributed by atoms with Gasteiger partial charge < -0.3 is 9.32 Å². The van der Waals surface area contributed by atoms with E-state index in [1.165, 1.54) is 4.31 Å². The van der Waals surface area contributed by atoms with Crippen molar-refractivity contribution in [3.63, 3.8) is 0 Å². The van der Waals surface area contributed by atoms with Crippen LogP contribution in [-0.4, -0.2) is 49.1 Å². The quantitative estimate of drug-likeness (QED) is 0.800. The first-order valence-electron chi connectivity index (χ1n) is 7.77. The number of nitrogens with zero attached hydrogens (tertiary/aromatic N) is 4. The summed E-state index contributed by atoms with van der Waals surface area (Å²) in [6.45, 7) is 3.81. The molecule has 24 heavy (non-hydrogen) atoms. The zero-order valence-corrected chi connectivity index (χ0v) is 14.9. The first-order valence-corrected chi connectivity index (χ1v) is 9.76. The molecule has 0 saturated carbocycles. The van der Waals surface area contributed by atoms with Crippen molar-refractivity contribution in [3.8, 4) is 0 Å². The predicted molar refractivity (Wildman–Crippen MR) is 91.5 cm³/mol. The van der Waals surface area contributed by atoms with E-state index in [1.807, 2.05) is 11.8 Å². The fourth-order valence-corrected chi connectivity index (χ4v) is 4.20. The molecule has 1 saturated heterocycles. The Labute approximate surface area is 146 Å². The summed E-state index contributed by atoms with van der Waals surface area (Å²) in [5.41, 5.74) is 0.728. The van der Waals surface area contributed by atoms with E-state index in [2.05, 4.69) is 10.2 Å². The van der Waals surface area contributed by atoms with Gasteiger partial charge in [-0.05, 0) is 17.7 Å². The van der Waals surface area contributed by atoms with Gasteiger partial charge in [0.25, 0.3) is 0 Å². The normalized spacial score (nSPS) is 16.5. The largest absolute Gasteiger partial charge is 0.408 e. The monoisotopic (exact) mass is 370 g/mol. The van der Waals surface area contributed by atoms with E-state index in [9.17, 15) is 8.42 Å². The van der Waals surface area contributed by atoms with Crippen LogP contribution in [0.5, 0.6) is 0 Å². The predicted octanol–water partition coefficient (Wildman–Crippen LogP) is 1.94. The second-order valence-electron chi connectivity index (χ2n) is 5.60. The van der Waals surface area contributed by atoms with E-state index >= 15 is 0 Å². The van der Waals surface area contributed by atoms with Crippen molar-refractivity contribution in [3.05, 3.63) is 40.7 Å². The fraction of sp³-hybridized carbons (Fsp3) is 0.467. The highest BCUT2D eigenvalue weighted by Crippen LogP contribution is 2.19. The Hall–Kier alpha value is -1.64. The topological polar surface area (TPSA) is 79.5 Å². The van der Waals surface area contributed by atoms with E-state index in [0.717, 1.165) is 5.56 Å². The van der Waals surface area contributed by atoms with Crippen molar-refractivity contribution in [2.45, 2.75) is 19.1 Å². The Morgan fingerprint density at radius 2 is 1.79 bits per heavy atom. The van der Waals surface area contributed by atoms with Crippen molar-refractivity contribution >= 4 is 27.6 Å². The van der Waals surface area contributed by atoms with Gasteiger partial charge in [0.15, 0.2) is 0 Å². The molecule has 3 rings (SSSR count). The first kappa shape index (κ1) is 17.2. The van der Waals surface area contributed by atoms with Crippen LogP contribution in [0.4, 0.5) is 6.01 Å². The van der Waals surface area contributed by atoms with Gasteiger partial charge >= 0.3 is 6.01 Å². The molecule has 0 spiro atoms. The van der Waals surface area contributed by atoms with Crippen molar-refractivity contribution < 1.29 is 12.8 Å². The van der Waals surface area contributed by atoms with Gasteiger partial charge in [-0.15, -0.1) is 5.10 Å². The molecule has 1 fully saturated rings. The maximum absolute atomic E-state index is 12.6. The van der Waals surface area contributed by atoms with E-state index in [0.29, 0.717) is 49.5 Å². The Morgan fingerprint density at radius 1 is 1.12 bits per heavy atom. The molecule has 1 aromatic carbocycles. The standard InChI is InChI=1S/C15H19ClN4O3S/c1-2-14-17-18-15(23-14)19-7-9-20(10-8-19)24(21,22)11-12-3-5-13(16)6-4-12/h3-6H,2,7-11H2,1H3. The molecule has 0 atom stereocenters. The van der Waals surface area contributed by atoms with Crippen LogP contribution in [0.15, 0.2) is 28.7 Å². The molecule has 0 N–H and O–H groups in total. The lowest BCUT2D eigenvalue weighted by Gasteiger charge is -2.32. The van der Waals surface area contributed by atoms with Gasteiger partial charge in [0, 0.05) is 37.6 Å². The highest BCUT2D eigenvalue weighted by Gasteiger charge is 2.28. The molecule has 2 heterocycles. The van der Waals surface area contributed by atoms with Gasteiger partial charge in [0.05, 0.1) is 5.75 Å². The zero-order valence-electron chi connectivity index (χ0n) is 13.4. The van der Waals surface area contributed by atoms with Gasteiger partial charge in [-0.3, -0.25) is 0 Å². The molecule has 1 aliphatic heterocycles. The van der Waals surface area contributed by atoms with Gasteiger partial charge in [-0.1, -0.05) is 35.8 Å². The van der Waals surface area contributed by atoms with Gasteiger partial charge in [0.1, 0.15) is 0 Å². The third kappa shape index (κ3) is 3.88. The number of aryl methyl sites for hydroxylation is 1. The number of anilines is 1. The average molecular weight is 371 g/mol. The Kier molecular flexibility index (Phi) is 5.07. The Balaban J connectivity index is 1.61. The zero-order chi connectivity index (χ0) is 17.2. The molecule has 1 aliphatic rings. The molecule has 0 aliphatic carbocycles. The number of rotatable bonds is 5. The van der Waals surface area contributed by atoms with Crippen LogP contribution < -0.4 is 4.90 Å². The number of piperazine rings is 1. The Morgan fingerprint density at radius 3 is 2.38 bits per heavy atom. The van der Waals surface area contributed by atoms with Crippen LogP contribution in [0.3, 0.4) is 0 Å². The molecule has 2 aromatic rings. The summed E-state index contributed by atoms with van der Waals surface area (Å²) in [6, 6.07) is 7.33. The molecule has 0 bridgehead atoms. The molecule has 0 unspecified atom stereocenters. The third-order valence-electron chi connectivity index (χ3n) is 3.92. The lowest BCUT2D eigenvalue weighted by atomic mass is 10.2. The van der Waals surface area contributed by atoms with Gasteiger partial charge in [-0.25, -0.2) is 8.42 Å². The van der Waals surface area contributed by atoms with Crippen LogP contribution in [0.2, 0.25) is 5.02 Å². The third-order valence-corrected chi connectivity index (χ3v) is 6.03. The molecule has 0 radical (unpaired) electrons. The number of aromatic nitrogens is 2. The minimum absolute atomic E-state index is 0.0231. The van der Waals surface area contributed by atoms with Gasteiger partial charge in [0.2, 0.25) is 15.9 Å². The maximum atomic E-state index is 12.6. The molecule has 9 heteroatoms. The minimum atomic E-state index is -3.36. The molecule has 0 amide bonds. The Bertz CT molecular complexity index is 783. The van der Waals surface area contributed by atoms with E-state index in [1.54, 1.807) is 24.3 Å². The summed E-state index contributed by atoms with van der Waals surface area (Å²) in [5, 5.41) is 8.54. The SMILES string of the molecule is CCc1nnc(N2CCN(S(=O)(=O)Cc3ccc(Cl)cc3)CC2)o1. The van der Waals surface area contributed by atoms with Crippen molar-refractivity contribution in [1.82, 2.24) is 14.5 Å². The first-order chi connectivity index (χ1) is 11.5. The highest BCUT2D eigenvalue weighted by atomic mass is 35.5. The summed E-state index contributed by atoms with van der Waals surface area (Å²) in [5.74, 6) is 0.563. The van der Waals surface area contributed by atoms with Crippen LogP contribution in [0, 0.1) is 0 Å². The molecule has 1 aromatic heterocycles. The van der Waals surface area contributed by atoms with Crippen LogP contribution in [0.25, 0.3) is 0 Å². The number of benzene rings is 1. The minimum Gasteiger partial charge on any atom is -0.408 e. The number of halogens is 1. The lowest BCUT2D eigenvalue weighted by molar-refractivity contribution is 0.368. The lowest BCUT2D eigenvalue weighted by Crippen LogP contribution is -2.49. The maximum Gasteiger partial charge on any atom is 0.318 e. The van der Waals surface area contributed by atoms with E-state index in [4.69, 9.17) is 16.0 Å². The molecule has 7 nitrogen and oxygen atoms in total.